The molecule has 0 fully saturated rings. The van der Waals surface area contributed by atoms with E-state index in [-0.39, 0.29) is 0 Å². The van der Waals surface area contributed by atoms with Crippen LogP contribution < -0.4 is 10.6 Å². The molecule has 2 N–H and O–H groups in total. The first-order valence-corrected chi connectivity index (χ1v) is 6.58. The van der Waals surface area contributed by atoms with Crippen molar-refractivity contribution in [2.24, 2.45) is 4.99 Å². The molecule has 1 aromatic carbocycles. The number of alkyl halides is 3. The van der Waals surface area contributed by atoms with E-state index >= 15 is 0 Å². The Morgan fingerprint density at radius 3 is 2.30 bits per heavy atom. The van der Waals surface area contributed by atoms with E-state index < -0.39 is 11.7 Å². The van der Waals surface area contributed by atoms with Crippen molar-refractivity contribution in [3.63, 3.8) is 0 Å². The Labute approximate surface area is 117 Å². The second-order valence-corrected chi connectivity index (χ2v) is 4.40. The van der Waals surface area contributed by atoms with E-state index in [0.717, 1.165) is 37.1 Å². The molecule has 1 aromatic rings. The number of benzene rings is 1. The smallest absolute Gasteiger partial charge is 0.356 e. The van der Waals surface area contributed by atoms with E-state index in [1.807, 2.05) is 0 Å². The van der Waals surface area contributed by atoms with Gasteiger partial charge in [-0.05, 0) is 24.1 Å². The molecule has 0 bridgehead atoms. The van der Waals surface area contributed by atoms with Gasteiger partial charge in [-0.25, -0.2) is 0 Å². The molecule has 0 aliphatic carbocycles. The zero-order chi connectivity index (χ0) is 15.0. The molecule has 0 atom stereocenters. The van der Waals surface area contributed by atoms with Gasteiger partial charge in [-0.2, -0.15) is 13.2 Å². The lowest BCUT2D eigenvalue weighted by molar-refractivity contribution is -0.137. The summed E-state index contributed by atoms with van der Waals surface area (Å²) < 4.78 is 37.2. The summed E-state index contributed by atoms with van der Waals surface area (Å²) in [6, 6.07) is 5.11. The van der Waals surface area contributed by atoms with E-state index in [2.05, 4.69) is 22.5 Å². The predicted molar refractivity (Wildman–Crippen MR) is 74.6 cm³/mol. The van der Waals surface area contributed by atoms with Gasteiger partial charge < -0.3 is 10.6 Å². The highest BCUT2D eigenvalue weighted by Gasteiger charge is 2.29. The number of unbranched alkanes of at least 4 members (excludes halogenated alkanes) is 1. The molecule has 20 heavy (non-hydrogen) atoms. The third-order valence-electron chi connectivity index (χ3n) is 2.79. The third kappa shape index (κ3) is 5.50. The van der Waals surface area contributed by atoms with Gasteiger partial charge in [0.2, 0.25) is 0 Å². The lowest BCUT2D eigenvalue weighted by Crippen LogP contribution is -2.37. The number of rotatable bonds is 5. The van der Waals surface area contributed by atoms with Crippen LogP contribution >= 0.6 is 0 Å². The van der Waals surface area contributed by atoms with Crippen LogP contribution in [-0.2, 0) is 12.7 Å². The molecule has 0 spiro atoms. The van der Waals surface area contributed by atoms with Crippen molar-refractivity contribution in [1.29, 1.82) is 0 Å². The molecule has 0 unspecified atom stereocenters. The number of halogens is 3. The average Bonchev–Trinajstić information content (AvgIpc) is 2.42. The highest BCUT2D eigenvalue weighted by Crippen LogP contribution is 2.28. The highest BCUT2D eigenvalue weighted by atomic mass is 19.4. The van der Waals surface area contributed by atoms with E-state index in [0.29, 0.717) is 12.5 Å². The molecule has 0 amide bonds. The number of aliphatic imine (C=N–C) groups is 1. The van der Waals surface area contributed by atoms with Gasteiger partial charge in [-0.1, -0.05) is 25.5 Å². The Bertz CT molecular complexity index is 424. The lowest BCUT2D eigenvalue weighted by Gasteiger charge is -2.12. The molecule has 0 saturated heterocycles. The maximum absolute atomic E-state index is 12.4. The zero-order valence-corrected chi connectivity index (χ0v) is 11.7. The van der Waals surface area contributed by atoms with Crippen LogP contribution in [0.25, 0.3) is 0 Å². The molecule has 0 saturated carbocycles. The van der Waals surface area contributed by atoms with Crippen LogP contribution in [0.5, 0.6) is 0 Å². The minimum absolute atomic E-state index is 0.434. The van der Waals surface area contributed by atoms with Crippen molar-refractivity contribution < 1.29 is 13.2 Å². The van der Waals surface area contributed by atoms with E-state index in [4.69, 9.17) is 0 Å². The first-order valence-electron chi connectivity index (χ1n) is 6.58. The Hall–Kier alpha value is -1.72. The van der Waals surface area contributed by atoms with Crippen LogP contribution in [0.3, 0.4) is 0 Å². The second-order valence-electron chi connectivity index (χ2n) is 4.40. The summed E-state index contributed by atoms with van der Waals surface area (Å²) in [7, 11) is 1.66. The summed E-state index contributed by atoms with van der Waals surface area (Å²) >= 11 is 0. The van der Waals surface area contributed by atoms with Crippen molar-refractivity contribution in [3.05, 3.63) is 35.4 Å². The van der Waals surface area contributed by atoms with Crippen molar-refractivity contribution in [2.75, 3.05) is 13.6 Å². The normalized spacial score (nSPS) is 12.3. The molecular weight excluding hydrogens is 267 g/mol. The monoisotopic (exact) mass is 287 g/mol. The topological polar surface area (TPSA) is 36.4 Å². The van der Waals surface area contributed by atoms with Gasteiger partial charge in [-0.3, -0.25) is 4.99 Å². The molecule has 1 rings (SSSR count). The van der Waals surface area contributed by atoms with Crippen LogP contribution in [-0.4, -0.2) is 19.6 Å². The summed E-state index contributed by atoms with van der Waals surface area (Å²) in [4.78, 5) is 4.05. The number of nitrogens with one attached hydrogen (secondary N) is 2. The molecule has 0 aliphatic rings. The molecule has 3 nitrogen and oxygen atoms in total. The van der Waals surface area contributed by atoms with Crippen LogP contribution in [0.1, 0.15) is 30.9 Å². The number of hydrogen-bond acceptors (Lipinski definition) is 1. The number of nitrogens with zero attached hydrogens (tertiary/aromatic N) is 1. The largest absolute Gasteiger partial charge is 0.416 e. The fraction of sp³-hybridized carbons (Fsp3) is 0.500. The standard InChI is InChI=1S/C14H20F3N3/c1-3-4-9-19-13(18-2)20-10-11-5-7-12(8-6-11)14(15,16)17/h5-8H,3-4,9-10H2,1-2H3,(H2,18,19,20). The molecular formula is C14H20F3N3. The number of guanidine groups is 1. The van der Waals surface area contributed by atoms with E-state index in [1.165, 1.54) is 12.1 Å². The minimum Gasteiger partial charge on any atom is -0.356 e. The summed E-state index contributed by atoms with van der Waals surface area (Å²) in [5.41, 5.74) is 0.142. The van der Waals surface area contributed by atoms with Gasteiger partial charge in [0.15, 0.2) is 5.96 Å². The second kappa shape index (κ2) is 7.77. The number of hydrogen-bond donors (Lipinski definition) is 2. The summed E-state index contributed by atoms with van der Waals surface area (Å²) in [5, 5.41) is 6.20. The third-order valence-corrected chi connectivity index (χ3v) is 2.79. The quantitative estimate of drug-likeness (QED) is 0.496. The van der Waals surface area contributed by atoms with Crippen LogP contribution in [0.2, 0.25) is 0 Å². The summed E-state index contributed by atoms with van der Waals surface area (Å²) in [6.07, 6.45) is -2.16. The average molecular weight is 287 g/mol. The van der Waals surface area contributed by atoms with Crippen LogP contribution in [0.15, 0.2) is 29.3 Å². The Morgan fingerprint density at radius 2 is 1.80 bits per heavy atom. The van der Waals surface area contributed by atoms with Gasteiger partial charge in [0.25, 0.3) is 0 Å². The first kappa shape index (κ1) is 16.3. The molecule has 0 aliphatic heterocycles. The van der Waals surface area contributed by atoms with Gasteiger partial charge >= 0.3 is 6.18 Å². The van der Waals surface area contributed by atoms with Crippen LogP contribution in [0.4, 0.5) is 13.2 Å². The fourth-order valence-corrected chi connectivity index (χ4v) is 1.60. The first-order chi connectivity index (χ1) is 9.47. The van der Waals surface area contributed by atoms with Gasteiger partial charge in [0.05, 0.1) is 5.56 Å². The lowest BCUT2D eigenvalue weighted by atomic mass is 10.1. The fourth-order valence-electron chi connectivity index (χ4n) is 1.60. The zero-order valence-electron chi connectivity index (χ0n) is 11.7. The van der Waals surface area contributed by atoms with Gasteiger partial charge in [0.1, 0.15) is 0 Å². The predicted octanol–water partition coefficient (Wildman–Crippen LogP) is 3.17. The molecule has 112 valence electrons. The van der Waals surface area contributed by atoms with Crippen molar-refractivity contribution in [3.8, 4) is 0 Å². The molecule has 0 aromatic heterocycles. The van der Waals surface area contributed by atoms with E-state index in [9.17, 15) is 13.2 Å². The van der Waals surface area contributed by atoms with Gasteiger partial charge in [-0.15, -0.1) is 0 Å². The van der Waals surface area contributed by atoms with Crippen molar-refractivity contribution in [1.82, 2.24) is 10.6 Å². The molecule has 6 heteroatoms. The SMILES string of the molecule is CCCCNC(=NC)NCc1ccc(C(F)(F)F)cc1. The molecule has 0 heterocycles. The summed E-state index contributed by atoms with van der Waals surface area (Å²) in [5.74, 6) is 0.651. The Morgan fingerprint density at radius 1 is 1.15 bits per heavy atom. The van der Waals surface area contributed by atoms with Crippen LogP contribution in [0, 0.1) is 0 Å². The maximum Gasteiger partial charge on any atom is 0.416 e. The molecule has 0 radical (unpaired) electrons. The van der Waals surface area contributed by atoms with Crippen molar-refractivity contribution >= 4 is 5.96 Å². The highest BCUT2D eigenvalue weighted by molar-refractivity contribution is 5.79. The van der Waals surface area contributed by atoms with Gasteiger partial charge in [0, 0.05) is 20.1 Å². The Kier molecular flexibility index (Phi) is 6.35. The maximum atomic E-state index is 12.4. The minimum atomic E-state index is -4.29. The Balaban J connectivity index is 2.48. The summed E-state index contributed by atoms with van der Waals surface area (Å²) in [6.45, 7) is 3.35. The van der Waals surface area contributed by atoms with Crippen molar-refractivity contribution in [2.45, 2.75) is 32.5 Å². The van der Waals surface area contributed by atoms with E-state index in [1.54, 1.807) is 7.05 Å².